The normalized spacial score (nSPS) is 17.0. The number of alkyl halides is 3. The van der Waals surface area contributed by atoms with Crippen molar-refractivity contribution in [2.75, 3.05) is 19.8 Å². The van der Waals surface area contributed by atoms with Crippen LogP contribution < -0.4 is 5.32 Å². The van der Waals surface area contributed by atoms with Crippen molar-refractivity contribution in [2.24, 2.45) is 5.92 Å². The zero-order valence-corrected chi connectivity index (χ0v) is 12.2. The first-order valence-corrected chi connectivity index (χ1v) is 7.36. The summed E-state index contributed by atoms with van der Waals surface area (Å²) < 4.78 is 41.3. The predicted octanol–water partition coefficient (Wildman–Crippen LogP) is 3.48. The molecule has 1 aromatic rings. The van der Waals surface area contributed by atoms with Gasteiger partial charge >= 0.3 is 6.18 Å². The number of nitrogens with one attached hydrogen (secondary N) is 1. The SMILES string of the molecule is Cc1ccc(CC(CNC2CC2)COCC(F)(F)F)cc1. The van der Waals surface area contributed by atoms with Crippen LogP contribution in [0, 0.1) is 12.8 Å². The van der Waals surface area contributed by atoms with Gasteiger partial charge in [0.25, 0.3) is 0 Å². The van der Waals surface area contributed by atoms with Gasteiger partial charge in [0, 0.05) is 12.6 Å². The van der Waals surface area contributed by atoms with Crippen LogP contribution in [0.2, 0.25) is 0 Å². The number of ether oxygens (including phenoxy) is 1. The Labute approximate surface area is 123 Å². The highest BCUT2D eigenvalue weighted by atomic mass is 19.4. The van der Waals surface area contributed by atoms with Gasteiger partial charge in [0.2, 0.25) is 0 Å². The Morgan fingerprint density at radius 2 is 1.90 bits per heavy atom. The first-order chi connectivity index (χ1) is 9.92. The first kappa shape index (κ1) is 16.3. The minimum atomic E-state index is -4.25. The Kier molecular flexibility index (Phi) is 5.65. The highest BCUT2D eigenvalue weighted by Crippen LogP contribution is 2.20. The molecule has 1 N–H and O–H groups in total. The molecule has 0 aliphatic heterocycles. The molecule has 0 radical (unpaired) electrons. The summed E-state index contributed by atoms with van der Waals surface area (Å²) in [6.45, 7) is 1.69. The summed E-state index contributed by atoms with van der Waals surface area (Å²) in [6.07, 6.45) is -1.18. The quantitative estimate of drug-likeness (QED) is 0.793. The van der Waals surface area contributed by atoms with Crippen molar-refractivity contribution in [2.45, 2.75) is 38.4 Å². The molecule has 0 aromatic heterocycles. The summed E-state index contributed by atoms with van der Waals surface area (Å²) in [6, 6.07) is 8.66. The second-order valence-electron chi connectivity index (χ2n) is 5.87. The van der Waals surface area contributed by atoms with Crippen molar-refractivity contribution in [3.63, 3.8) is 0 Å². The number of aryl methyl sites for hydroxylation is 1. The summed E-state index contributed by atoms with van der Waals surface area (Å²) >= 11 is 0. The molecule has 0 bridgehead atoms. The van der Waals surface area contributed by atoms with Gasteiger partial charge < -0.3 is 10.1 Å². The molecule has 1 fully saturated rings. The number of benzene rings is 1. The highest BCUT2D eigenvalue weighted by Gasteiger charge is 2.28. The molecule has 21 heavy (non-hydrogen) atoms. The maximum atomic E-state index is 12.2. The molecule has 0 heterocycles. The Hall–Kier alpha value is -1.07. The standard InChI is InChI=1S/C16H22F3NO/c1-12-2-4-13(5-3-12)8-14(9-20-15-6-7-15)10-21-11-16(17,18)19/h2-5,14-15,20H,6-11H2,1H3. The van der Waals surface area contributed by atoms with Crippen LogP contribution in [0.15, 0.2) is 24.3 Å². The van der Waals surface area contributed by atoms with Crippen LogP contribution in [0.4, 0.5) is 13.2 Å². The Morgan fingerprint density at radius 3 is 2.48 bits per heavy atom. The Morgan fingerprint density at radius 1 is 1.24 bits per heavy atom. The Balaban J connectivity index is 1.82. The van der Waals surface area contributed by atoms with Crippen LogP contribution in [0.25, 0.3) is 0 Å². The van der Waals surface area contributed by atoms with Crippen molar-refractivity contribution >= 4 is 0 Å². The molecule has 2 nitrogen and oxygen atoms in total. The average Bonchev–Trinajstić information content (AvgIpc) is 3.21. The van der Waals surface area contributed by atoms with E-state index in [1.54, 1.807) is 0 Å². The summed E-state index contributed by atoms with van der Waals surface area (Å²) in [5.74, 6) is 0.0654. The zero-order chi connectivity index (χ0) is 15.3. The number of halogens is 3. The molecule has 2 rings (SSSR count). The van der Waals surface area contributed by atoms with Crippen LogP contribution in [0.5, 0.6) is 0 Å². The van der Waals surface area contributed by atoms with Gasteiger partial charge in [0.1, 0.15) is 6.61 Å². The maximum absolute atomic E-state index is 12.2. The van der Waals surface area contributed by atoms with Gasteiger partial charge in [0.15, 0.2) is 0 Å². The van der Waals surface area contributed by atoms with Gasteiger partial charge in [-0.05, 0) is 37.7 Å². The van der Waals surface area contributed by atoms with Gasteiger partial charge in [-0.3, -0.25) is 0 Å². The molecule has 1 aromatic carbocycles. The second-order valence-corrected chi connectivity index (χ2v) is 5.87. The summed E-state index contributed by atoms with van der Waals surface area (Å²) in [4.78, 5) is 0. The van der Waals surface area contributed by atoms with Crippen LogP contribution in [-0.4, -0.2) is 32.0 Å². The van der Waals surface area contributed by atoms with Crippen molar-refractivity contribution < 1.29 is 17.9 Å². The van der Waals surface area contributed by atoms with Gasteiger partial charge in [-0.25, -0.2) is 0 Å². The van der Waals surface area contributed by atoms with E-state index in [2.05, 4.69) is 5.32 Å². The van der Waals surface area contributed by atoms with Gasteiger partial charge in [-0.15, -0.1) is 0 Å². The van der Waals surface area contributed by atoms with E-state index < -0.39 is 12.8 Å². The minimum Gasteiger partial charge on any atom is -0.372 e. The van der Waals surface area contributed by atoms with Crippen molar-refractivity contribution in [3.05, 3.63) is 35.4 Å². The topological polar surface area (TPSA) is 21.3 Å². The molecular weight excluding hydrogens is 279 g/mol. The first-order valence-electron chi connectivity index (χ1n) is 7.36. The maximum Gasteiger partial charge on any atom is 0.411 e. The third kappa shape index (κ3) is 6.96. The molecule has 1 saturated carbocycles. The summed E-state index contributed by atoms with van der Waals surface area (Å²) in [5, 5.41) is 3.37. The number of hydrogen-bond acceptors (Lipinski definition) is 2. The third-order valence-corrected chi connectivity index (χ3v) is 3.54. The fourth-order valence-electron chi connectivity index (χ4n) is 2.21. The summed E-state index contributed by atoms with van der Waals surface area (Å²) in [5.41, 5.74) is 2.32. The molecule has 0 saturated heterocycles. The molecule has 0 spiro atoms. The largest absolute Gasteiger partial charge is 0.411 e. The molecular formula is C16H22F3NO. The zero-order valence-electron chi connectivity index (χ0n) is 12.2. The molecule has 1 atom stereocenters. The van der Waals surface area contributed by atoms with Crippen LogP contribution in [0.3, 0.4) is 0 Å². The molecule has 5 heteroatoms. The van der Waals surface area contributed by atoms with E-state index >= 15 is 0 Å². The van der Waals surface area contributed by atoms with Crippen molar-refractivity contribution in [1.82, 2.24) is 5.32 Å². The van der Waals surface area contributed by atoms with Crippen molar-refractivity contribution in [3.8, 4) is 0 Å². The van der Waals surface area contributed by atoms with E-state index in [1.807, 2.05) is 31.2 Å². The van der Waals surface area contributed by atoms with E-state index in [4.69, 9.17) is 4.74 Å². The molecule has 1 unspecified atom stereocenters. The van der Waals surface area contributed by atoms with E-state index in [-0.39, 0.29) is 12.5 Å². The molecule has 0 amide bonds. The van der Waals surface area contributed by atoms with E-state index in [1.165, 1.54) is 18.4 Å². The van der Waals surface area contributed by atoms with E-state index in [0.29, 0.717) is 12.6 Å². The Bertz CT molecular complexity index is 426. The molecule has 1 aliphatic rings. The lowest BCUT2D eigenvalue weighted by Crippen LogP contribution is -2.30. The molecule has 1 aliphatic carbocycles. The molecule has 118 valence electrons. The lowest BCUT2D eigenvalue weighted by Gasteiger charge is -2.18. The van der Waals surface area contributed by atoms with E-state index in [9.17, 15) is 13.2 Å². The van der Waals surface area contributed by atoms with Gasteiger partial charge in [-0.2, -0.15) is 13.2 Å². The highest BCUT2D eigenvalue weighted by molar-refractivity contribution is 5.21. The minimum absolute atomic E-state index is 0.0654. The number of hydrogen-bond donors (Lipinski definition) is 1. The van der Waals surface area contributed by atoms with Crippen LogP contribution >= 0.6 is 0 Å². The lowest BCUT2D eigenvalue weighted by atomic mass is 9.99. The average molecular weight is 301 g/mol. The fraction of sp³-hybridized carbons (Fsp3) is 0.625. The monoisotopic (exact) mass is 301 g/mol. The fourth-order valence-corrected chi connectivity index (χ4v) is 2.21. The number of rotatable bonds is 8. The van der Waals surface area contributed by atoms with E-state index in [0.717, 1.165) is 12.0 Å². The lowest BCUT2D eigenvalue weighted by molar-refractivity contribution is -0.176. The van der Waals surface area contributed by atoms with Crippen LogP contribution in [0.1, 0.15) is 24.0 Å². The summed E-state index contributed by atoms with van der Waals surface area (Å²) in [7, 11) is 0. The van der Waals surface area contributed by atoms with Crippen LogP contribution in [-0.2, 0) is 11.2 Å². The predicted molar refractivity (Wildman–Crippen MR) is 76.3 cm³/mol. The third-order valence-electron chi connectivity index (χ3n) is 3.54. The van der Waals surface area contributed by atoms with Gasteiger partial charge in [0.05, 0.1) is 6.61 Å². The second kappa shape index (κ2) is 7.27. The van der Waals surface area contributed by atoms with Gasteiger partial charge in [-0.1, -0.05) is 29.8 Å². The van der Waals surface area contributed by atoms with Crippen molar-refractivity contribution in [1.29, 1.82) is 0 Å². The smallest absolute Gasteiger partial charge is 0.372 e.